The highest BCUT2D eigenvalue weighted by Gasteiger charge is 2.30. The highest BCUT2D eigenvalue weighted by atomic mass is 35.5. The Labute approximate surface area is 168 Å². The van der Waals surface area contributed by atoms with Crippen molar-refractivity contribution in [2.75, 3.05) is 11.9 Å². The van der Waals surface area contributed by atoms with Gasteiger partial charge in [0.15, 0.2) is 0 Å². The number of urea groups is 1. The van der Waals surface area contributed by atoms with Crippen molar-refractivity contribution in [3.63, 3.8) is 0 Å². The second kappa shape index (κ2) is 8.86. The predicted octanol–water partition coefficient (Wildman–Crippen LogP) is 6.83. The molecule has 0 atom stereocenters. The monoisotopic (exact) mass is 412 g/mol. The Bertz CT molecular complexity index is 781. The van der Waals surface area contributed by atoms with Gasteiger partial charge in [0.05, 0.1) is 5.56 Å². The Kier molecular flexibility index (Phi) is 6.99. The Morgan fingerprint density at radius 2 is 1.57 bits per heavy atom. The third-order valence-corrected chi connectivity index (χ3v) is 4.42. The van der Waals surface area contributed by atoms with E-state index in [0.717, 1.165) is 24.1 Å². The Morgan fingerprint density at radius 3 is 2.07 bits per heavy atom. The van der Waals surface area contributed by atoms with E-state index in [1.165, 1.54) is 12.1 Å². The van der Waals surface area contributed by atoms with Crippen LogP contribution in [0, 0.1) is 5.41 Å². The maximum absolute atomic E-state index is 12.7. The van der Waals surface area contributed by atoms with Gasteiger partial charge < -0.3 is 10.2 Å². The second-order valence-corrected chi connectivity index (χ2v) is 8.30. The summed E-state index contributed by atoms with van der Waals surface area (Å²) in [6.45, 7) is 7.14. The van der Waals surface area contributed by atoms with Gasteiger partial charge in [0.1, 0.15) is 0 Å². The van der Waals surface area contributed by atoms with Crippen molar-refractivity contribution in [1.82, 2.24) is 4.90 Å². The fraction of sp³-hybridized carbons (Fsp3) is 0.381. The summed E-state index contributed by atoms with van der Waals surface area (Å²) in [4.78, 5) is 14.4. The Hall–Kier alpha value is -2.21. The first kappa shape index (κ1) is 22.1. The van der Waals surface area contributed by atoms with Crippen LogP contribution in [0.25, 0.3) is 0 Å². The van der Waals surface area contributed by atoms with Crippen LogP contribution in [0.1, 0.15) is 38.3 Å². The van der Waals surface area contributed by atoms with Crippen molar-refractivity contribution in [2.45, 2.75) is 39.9 Å². The van der Waals surface area contributed by atoms with Crippen LogP contribution in [0.3, 0.4) is 0 Å². The molecule has 0 aliphatic rings. The standard InChI is InChI=1S/C21H24ClF3N2O/c1-20(2,3)12-13-27(14-15-4-8-17(22)9-5-15)19(28)26-18-10-6-16(7-11-18)21(23,24)25/h4-11H,12-14H2,1-3H3,(H,26,28). The largest absolute Gasteiger partial charge is 0.416 e. The molecule has 152 valence electrons. The maximum atomic E-state index is 12.7. The molecule has 0 aliphatic carbocycles. The van der Waals surface area contributed by atoms with Gasteiger partial charge in [-0.05, 0) is 53.8 Å². The van der Waals surface area contributed by atoms with Crippen molar-refractivity contribution in [3.05, 3.63) is 64.7 Å². The lowest BCUT2D eigenvalue weighted by Gasteiger charge is -2.27. The molecule has 28 heavy (non-hydrogen) atoms. The molecular formula is C21H24ClF3N2O. The van der Waals surface area contributed by atoms with E-state index in [-0.39, 0.29) is 11.4 Å². The van der Waals surface area contributed by atoms with Crippen LogP contribution in [-0.2, 0) is 12.7 Å². The molecule has 1 N–H and O–H groups in total. The topological polar surface area (TPSA) is 32.3 Å². The van der Waals surface area contributed by atoms with Crippen molar-refractivity contribution >= 4 is 23.3 Å². The predicted molar refractivity (Wildman–Crippen MR) is 106 cm³/mol. The lowest BCUT2D eigenvalue weighted by molar-refractivity contribution is -0.137. The molecule has 0 saturated heterocycles. The van der Waals surface area contributed by atoms with E-state index in [9.17, 15) is 18.0 Å². The summed E-state index contributed by atoms with van der Waals surface area (Å²) in [7, 11) is 0. The van der Waals surface area contributed by atoms with Crippen molar-refractivity contribution in [2.24, 2.45) is 5.41 Å². The minimum absolute atomic E-state index is 0.0346. The van der Waals surface area contributed by atoms with Gasteiger partial charge in [-0.15, -0.1) is 0 Å². The van der Waals surface area contributed by atoms with Crippen LogP contribution in [0.15, 0.2) is 48.5 Å². The quantitative estimate of drug-likeness (QED) is 0.573. The van der Waals surface area contributed by atoms with E-state index in [0.29, 0.717) is 23.8 Å². The highest BCUT2D eigenvalue weighted by Crippen LogP contribution is 2.30. The molecule has 0 aromatic heterocycles. The lowest BCUT2D eigenvalue weighted by atomic mass is 9.92. The minimum Gasteiger partial charge on any atom is -0.320 e. The van der Waals surface area contributed by atoms with Crippen LogP contribution < -0.4 is 5.32 Å². The summed E-state index contributed by atoms with van der Waals surface area (Å²) in [5.74, 6) is 0. The summed E-state index contributed by atoms with van der Waals surface area (Å²) in [5.41, 5.74) is 0.513. The summed E-state index contributed by atoms with van der Waals surface area (Å²) < 4.78 is 38.1. The van der Waals surface area contributed by atoms with Crippen LogP contribution in [0.2, 0.25) is 5.02 Å². The van der Waals surface area contributed by atoms with Gasteiger partial charge in [0.25, 0.3) is 0 Å². The Balaban J connectivity index is 2.11. The van der Waals surface area contributed by atoms with Gasteiger partial charge in [0, 0.05) is 23.8 Å². The lowest BCUT2D eigenvalue weighted by Crippen LogP contribution is -2.36. The van der Waals surface area contributed by atoms with Gasteiger partial charge in [-0.3, -0.25) is 0 Å². The molecule has 0 saturated carbocycles. The van der Waals surface area contributed by atoms with E-state index < -0.39 is 11.7 Å². The normalized spacial score (nSPS) is 12.0. The summed E-state index contributed by atoms with van der Waals surface area (Å²) >= 11 is 5.91. The fourth-order valence-corrected chi connectivity index (χ4v) is 2.60. The van der Waals surface area contributed by atoms with Gasteiger partial charge in [-0.1, -0.05) is 44.5 Å². The molecule has 0 fully saturated rings. The van der Waals surface area contributed by atoms with Gasteiger partial charge in [0.2, 0.25) is 0 Å². The third kappa shape index (κ3) is 7.08. The summed E-state index contributed by atoms with van der Waals surface area (Å²) in [6, 6.07) is 11.3. The van der Waals surface area contributed by atoms with Crippen molar-refractivity contribution in [3.8, 4) is 0 Å². The van der Waals surface area contributed by atoms with Gasteiger partial charge in [-0.25, -0.2) is 4.79 Å². The molecule has 2 amide bonds. The van der Waals surface area contributed by atoms with Crippen LogP contribution in [0.4, 0.5) is 23.7 Å². The number of anilines is 1. The van der Waals surface area contributed by atoms with Crippen molar-refractivity contribution < 1.29 is 18.0 Å². The first-order chi connectivity index (χ1) is 12.9. The molecule has 0 heterocycles. The molecule has 7 heteroatoms. The number of hydrogen-bond acceptors (Lipinski definition) is 1. The molecule has 0 bridgehead atoms. The molecule has 0 aliphatic heterocycles. The van der Waals surface area contributed by atoms with Gasteiger partial charge in [-0.2, -0.15) is 13.2 Å². The molecule has 2 aromatic carbocycles. The number of rotatable bonds is 5. The smallest absolute Gasteiger partial charge is 0.320 e. The highest BCUT2D eigenvalue weighted by molar-refractivity contribution is 6.30. The average Bonchev–Trinajstić information content (AvgIpc) is 2.59. The number of nitrogens with zero attached hydrogens (tertiary/aromatic N) is 1. The van der Waals surface area contributed by atoms with Crippen molar-refractivity contribution in [1.29, 1.82) is 0 Å². The maximum Gasteiger partial charge on any atom is 0.416 e. The number of amides is 2. The number of carbonyl (C=O) groups is 1. The number of benzene rings is 2. The summed E-state index contributed by atoms with van der Waals surface area (Å²) in [6.07, 6.45) is -3.63. The number of hydrogen-bond donors (Lipinski definition) is 1. The number of halogens is 4. The van der Waals surface area contributed by atoms with Crippen LogP contribution in [0.5, 0.6) is 0 Å². The molecule has 0 radical (unpaired) electrons. The molecule has 3 nitrogen and oxygen atoms in total. The zero-order valence-corrected chi connectivity index (χ0v) is 16.9. The minimum atomic E-state index is -4.41. The number of nitrogens with one attached hydrogen (secondary N) is 1. The van der Waals surface area contributed by atoms with E-state index in [1.54, 1.807) is 17.0 Å². The van der Waals surface area contributed by atoms with Crippen LogP contribution in [-0.4, -0.2) is 17.5 Å². The first-order valence-corrected chi connectivity index (χ1v) is 9.29. The van der Waals surface area contributed by atoms with Crippen LogP contribution >= 0.6 is 11.6 Å². The number of carbonyl (C=O) groups excluding carboxylic acids is 1. The summed E-state index contributed by atoms with van der Waals surface area (Å²) in [5, 5.41) is 3.29. The van der Waals surface area contributed by atoms with E-state index in [1.807, 2.05) is 12.1 Å². The first-order valence-electron chi connectivity index (χ1n) is 8.92. The Morgan fingerprint density at radius 1 is 1.00 bits per heavy atom. The van der Waals surface area contributed by atoms with Gasteiger partial charge >= 0.3 is 12.2 Å². The fourth-order valence-electron chi connectivity index (χ4n) is 2.48. The van der Waals surface area contributed by atoms with E-state index >= 15 is 0 Å². The molecule has 2 aromatic rings. The number of alkyl halides is 3. The third-order valence-electron chi connectivity index (χ3n) is 4.17. The van der Waals surface area contributed by atoms with E-state index in [4.69, 9.17) is 11.6 Å². The molecule has 0 spiro atoms. The molecule has 0 unspecified atom stereocenters. The second-order valence-electron chi connectivity index (χ2n) is 7.86. The molecule has 2 rings (SSSR count). The average molecular weight is 413 g/mol. The zero-order chi connectivity index (χ0) is 20.9. The van der Waals surface area contributed by atoms with E-state index in [2.05, 4.69) is 26.1 Å². The molecular weight excluding hydrogens is 389 g/mol. The SMILES string of the molecule is CC(C)(C)CCN(Cc1ccc(Cl)cc1)C(=O)Nc1ccc(C(F)(F)F)cc1. The zero-order valence-electron chi connectivity index (χ0n) is 16.1.